The average molecular weight is 289 g/mol. The molecule has 1 amide bonds. The number of benzene rings is 1. The molecule has 1 aromatic carbocycles. The molecule has 0 unspecified atom stereocenters. The molecule has 0 radical (unpaired) electrons. The number of rotatable bonds is 6. The van der Waals surface area contributed by atoms with Gasteiger partial charge in [-0.2, -0.15) is 0 Å². The van der Waals surface area contributed by atoms with Crippen LogP contribution >= 0.6 is 0 Å². The van der Waals surface area contributed by atoms with Crippen molar-refractivity contribution in [2.45, 2.75) is 26.7 Å². The number of aromatic amines is 1. The lowest BCUT2D eigenvalue weighted by molar-refractivity contribution is 0.0934. The number of aromatic nitrogens is 1. The van der Waals surface area contributed by atoms with Crippen LogP contribution in [0, 0.1) is 5.41 Å². The van der Waals surface area contributed by atoms with Gasteiger partial charge in [0.25, 0.3) is 5.91 Å². The molecule has 0 spiro atoms. The van der Waals surface area contributed by atoms with E-state index in [9.17, 15) is 4.79 Å². The zero-order valence-electron chi connectivity index (χ0n) is 12.6. The standard InChI is InChI=1S/C16H23N3O2/c1-16(2,6-3-7-20)10-19-15(21)13-9-18-14-5-4-11(17)8-12(13)14/h4-5,8-9,18,20H,3,6-7,10,17H2,1-2H3,(H,19,21). The van der Waals surface area contributed by atoms with Crippen molar-refractivity contribution in [2.24, 2.45) is 5.41 Å². The van der Waals surface area contributed by atoms with E-state index < -0.39 is 0 Å². The zero-order valence-corrected chi connectivity index (χ0v) is 12.6. The lowest BCUT2D eigenvalue weighted by atomic mass is 9.88. The number of carbonyl (C=O) groups excluding carboxylic acids is 1. The number of hydrogen-bond donors (Lipinski definition) is 4. The summed E-state index contributed by atoms with van der Waals surface area (Å²) in [6, 6.07) is 5.48. The molecule has 5 nitrogen and oxygen atoms in total. The molecule has 1 aromatic heterocycles. The molecule has 5 heteroatoms. The topological polar surface area (TPSA) is 91.1 Å². The highest BCUT2D eigenvalue weighted by atomic mass is 16.2. The summed E-state index contributed by atoms with van der Waals surface area (Å²) in [6.07, 6.45) is 3.32. The Kier molecular flexibility index (Phi) is 4.53. The fourth-order valence-corrected chi connectivity index (χ4v) is 2.39. The molecule has 0 saturated carbocycles. The molecule has 21 heavy (non-hydrogen) atoms. The Balaban J connectivity index is 2.07. The van der Waals surface area contributed by atoms with Crippen LogP contribution in [0.1, 0.15) is 37.0 Å². The predicted molar refractivity (Wildman–Crippen MR) is 85.1 cm³/mol. The third kappa shape index (κ3) is 3.76. The fraction of sp³-hybridized carbons (Fsp3) is 0.438. The van der Waals surface area contributed by atoms with Gasteiger partial charge in [-0.05, 0) is 36.5 Å². The van der Waals surface area contributed by atoms with Gasteiger partial charge in [-0.15, -0.1) is 0 Å². The van der Waals surface area contributed by atoms with Crippen LogP contribution in [0.25, 0.3) is 10.9 Å². The van der Waals surface area contributed by atoms with Gasteiger partial charge in [0.1, 0.15) is 0 Å². The molecule has 0 aliphatic heterocycles. The second kappa shape index (κ2) is 6.18. The third-order valence-electron chi connectivity index (χ3n) is 3.69. The van der Waals surface area contributed by atoms with Gasteiger partial charge in [0, 0.05) is 35.9 Å². The van der Waals surface area contributed by atoms with Gasteiger partial charge >= 0.3 is 0 Å². The van der Waals surface area contributed by atoms with E-state index in [2.05, 4.69) is 24.1 Å². The van der Waals surface area contributed by atoms with Crippen molar-refractivity contribution >= 4 is 22.5 Å². The van der Waals surface area contributed by atoms with Crippen LogP contribution in [0.5, 0.6) is 0 Å². The summed E-state index contributed by atoms with van der Waals surface area (Å²) in [4.78, 5) is 15.4. The second-order valence-corrected chi connectivity index (χ2v) is 6.18. The van der Waals surface area contributed by atoms with Crippen molar-refractivity contribution in [2.75, 3.05) is 18.9 Å². The maximum absolute atomic E-state index is 12.3. The summed E-state index contributed by atoms with van der Waals surface area (Å²) in [5.41, 5.74) is 7.88. The number of aliphatic hydroxyl groups excluding tert-OH is 1. The molecule has 0 aliphatic carbocycles. The van der Waals surface area contributed by atoms with Gasteiger partial charge in [0.05, 0.1) is 5.56 Å². The number of carbonyl (C=O) groups is 1. The number of fused-ring (bicyclic) bond motifs is 1. The van der Waals surface area contributed by atoms with Gasteiger partial charge < -0.3 is 21.1 Å². The Labute approximate surface area is 124 Å². The Morgan fingerprint density at radius 1 is 1.43 bits per heavy atom. The van der Waals surface area contributed by atoms with Gasteiger partial charge in [0.15, 0.2) is 0 Å². The number of H-pyrrole nitrogens is 1. The zero-order chi connectivity index (χ0) is 15.5. The Morgan fingerprint density at radius 2 is 2.19 bits per heavy atom. The van der Waals surface area contributed by atoms with Crippen LogP contribution in [0.2, 0.25) is 0 Å². The number of nitrogens with one attached hydrogen (secondary N) is 2. The van der Waals surface area contributed by atoms with Gasteiger partial charge in [-0.1, -0.05) is 13.8 Å². The minimum Gasteiger partial charge on any atom is -0.399 e. The molecular weight excluding hydrogens is 266 g/mol. The van der Waals surface area contributed by atoms with Crippen LogP contribution in [0.4, 0.5) is 5.69 Å². The van der Waals surface area contributed by atoms with E-state index in [1.807, 2.05) is 6.07 Å². The lowest BCUT2D eigenvalue weighted by Gasteiger charge is -2.24. The largest absolute Gasteiger partial charge is 0.399 e. The Morgan fingerprint density at radius 3 is 2.90 bits per heavy atom. The average Bonchev–Trinajstić information content (AvgIpc) is 2.86. The molecule has 0 fully saturated rings. The highest BCUT2D eigenvalue weighted by Gasteiger charge is 2.20. The van der Waals surface area contributed by atoms with Gasteiger partial charge in [-0.25, -0.2) is 0 Å². The summed E-state index contributed by atoms with van der Waals surface area (Å²) < 4.78 is 0. The molecule has 0 bridgehead atoms. The number of nitrogen functional groups attached to an aromatic ring is 1. The van der Waals surface area contributed by atoms with Gasteiger partial charge in [-0.3, -0.25) is 4.79 Å². The van der Waals surface area contributed by atoms with Crippen molar-refractivity contribution in [1.82, 2.24) is 10.3 Å². The number of hydrogen-bond acceptors (Lipinski definition) is 3. The maximum atomic E-state index is 12.3. The summed E-state index contributed by atoms with van der Waals surface area (Å²) in [5.74, 6) is -0.107. The molecule has 114 valence electrons. The summed E-state index contributed by atoms with van der Waals surface area (Å²) in [6.45, 7) is 4.91. The van der Waals surface area contributed by atoms with Crippen LogP contribution in [-0.4, -0.2) is 29.1 Å². The predicted octanol–water partition coefficient (Wildman–Crippen LogP) is 2.28. The van der Waals surface area contributed by atoms with E-state index in [1.165, 1.54) is 0 Å². The first-order valence-corrected chi connectivity index (χ1v) is 7.19. The Hall–Kier alpha value is -2.01. The SMILES string of the molecule is CC(C)(CCCO)CNC(=O)c1c[nH]c2ccc(N)cc12. The first-order valence-electron chi connectivity index (χ1n) is 7.19. The van der Waals surface area contributed by atoms with Crippen LogP contribution in [0.3, 0.4) is 0 Å². The fourth-order valence-electron chi connectivity index (χ4n) is 2.39. The molecule has 5 N–H and O–H groups in total. The molecular formula is C16H23N3O2. The summed E-state index contributed by atoms with van der Waals surface area (Å²) >= 11 is 0. The van der Waals surface area contributed by atoms with E-state index >= 15 is 0 Å². The van der Waals surface area contributed by atoms with Crippen molar-refractivity contribution in [3.8, 4) is 0 Å². The minimum atomic E-state index is -0.107. The number of aliphatic hydroxyl groups is 1. The van der Waals surface area contributed by atoms with Crippen molar-refractivity contribution in [3.05, 3.63) is 30.0 Å². The molecule has 2 rings (SSSR count). The third-order valence-corrected chi connectivity index (χ3v) is 3.69. The second-order valence-electron chi connectivity index (χ2n) is 6.18. The lowest BCUT2D eigenvalue weighted by Crippen LogP contribution is -2.34. The maximum Gasteiger partial charge on any atom is 0.253 e. The summed E-state index contributed by atoms with van der Waals surface area (Å²) in [5, 5.41) is 12.7. The number of amides is 1. The van der Waals surface area contributed by atoms with E-state index in [0.717, 1.165) is 23.7 Å². The molecule has 0 aliphatic rings. The first-order chi connectivity index (χ1) is 9.93. The number of nitrogens with two attached hydrogens (primary N) is 1. The molecule has 0 atom stereocenters. The van der Waals surface area contributed by atoms with Crippen molar-refractivity contribution in [1.29, 1.82) is 0 Å². The molecule has 0 saturated heterocycles. The minimum absolute atomic E-state index is 0.0382. The monoisotopic (exact) mass is 289 g/mol. The van der Waals surface area contributed by atoms with Crippen LogP contribution < -0.4 is 11.1 Å². The van der Waals surface area contributed by atoms with E-state index in [4.69, 9.17) is 10.8 Å². The van der Waals surface area contributed by atoms with Crippen molar-refractivity contribution < 1.29 is 9.90 Å². The van der Waals surface area contributed by atoms with Crippen molar-refractivity contribution in [3.63, 3.8) is 0 Å². The molecule has 2 aromatic rings. The van der Waals surface area contributed by atoms with E-state index in [-0.39, 0.29) is 17.9 Å². The quantitative estimate of drug-likeness (QED) is 0.615. The van der Waals surface area contributed by atoms with E-state index in [0.29, 0.717) is 17.8 Å². The highest BCUT2D eigenvalue weighted by molar-refractivity contribution is 6.07. The van der Waals surface area contributed by atoms with Gasteiger partial charge in [0.2, 0.25) is 0 Å². The Bertz CT molecular complexity index is 631. The summed E-state index contributed by atoms with van der Waals surface area (Å²) in [7, 11) is 0. The molecule has 1 heterocycles. The normalized spacial score (nSPS) is 11.8. The van der Waals surface area contributed by atoms with E-state index in [1.54, 1.807) is 18.3 Å². The van der Waals surface area contributed by atoms with Crippen LogP contribution in [0.15, 0.2) is 24.4 Å². The first kappa shape index (κ1) is 15.4. The van der Waals surface area contributed by atoms with Crippen LogP contribution in [-0.2, 0) is 0 Å². The highest BCUT2D eigenvalue weighted by Crippen LogP contribution is 2.23. The number of anilines is 1. The smallest absolute Gasteiger partial charge is 0.253 e.